The maximum absolute atomic E-state index is 5.92. The molecule has 21 heavy (non-hydrogen) atoms. The Bertz CT molecular complexity index is 585. The zero-order valence-electron chi connectivity index (χ0n) is 12.2. The summed E-state index contributed by atoms with van der Waals surface area (Å²) >= 11 is 11.2. The average Bonchev–Trinajstić information content (AvgIpc) is 2.85. The lowest BCUT2D eigenvalue weighted by atomic mass is 10.2. The standard InChI is InChI=1S/C16H19BrClNOS/c1-11(2)8-19-9-13-4-5-14(21-13)10-20-16-6-3-12(18)7-15(16)17/h3-7,11,19H,8-10H2,1-2H3. The second kappa shape index (κ2) is 8.18. The molecule has 0 saturated heterocycles. The normalized spacial score (nSPS) is 11.1. The van der Waals surface area contributed by atoms with Crippen LogP contribution in [0.1, 0.15) is 23.6 Å². The predicted octanol–water partition coefficient (Wildman–Crippen LogP) is 5.49. The van der Waals surface area contributed by atoms with Gasteiger partial charge in [0.2, 0.25) is 0 Å². The van der Waals surface area contributed by atoms with Gasteiger partial charge < -0.3 is 10.1 Å². The van der Waals surface area contributed by atoms with Crippen LogP contribution in [0.3, 0.4) is 0 Å². The van der Waals surface area contributed by atoms with Crippen molar-refractivity contribution in [3.8, 4) is 5.75 Å². The molecule has 0 saturated carbocycles. The van der Waals surface area contributed by atoms with Crippen molar-refractivity contribution >= 4 is 38.9 Å². The number of nitrogens with one attached hydrogen (secondary N) is 1. The van der Waals surface area contributed by atoms with Gasteiger partial charge in [-0.05, 0) is 58.7 Å². The largest absolute Gasteiger partial charge is 0.487 e. The van der Waals surface area contributed by atoms with E-state index in [1.807, 2.05) is 18.2 Å². The van der Waals surface area contributed by atoms with E-state index in [-0.39, 0.29) is 0 Å². The lowest BCUT2D eigenvalue weighted by Gasteiger charge is -2.07. The Morgan fingerprint density at radius 1 is 1.24 bits per heavy atom. The minimum absolute atomic E-state index is 0.578. The van der Waals surface area contributed by atoms with Crippen LogP contribution in [-0.2, 0) is 13.2 Å². The van der Waals surface area contributed by atoms with Crippen LogP contribution in [0.4, 0.5) is 0 Å². The van der Waals surface area contributed by atoms with Gasteiger partial charge in [0.25, 0.3) is 0 Å². The third-order valence-corrected chi connectivity index (χ3v) is 4.75. The van der Waals surface area contributed by atoms with E-state index in [0.717, 1.165) is 23.3 Å². The van der Waals surface area contributed by atoms with E-state index in [0.29, 0.717) is 17.5 Å². The van der Waals surface area contributed by atoms with Gasteiger partial charge in [-0.1, -0.05) is 25.4 Å². The molecular weight excluding hydrogens is 370 g/mol. The highest BCUT2D eigenvalue weighted by Crippen LogP contribution is 2.29. The van der Waals surface area contributed by atoms with E-state index in [1.165, 1.54) is 9.75 Å². The van der Waals surface area contributed by atoms with E-state index >= 15 is 0 Å². The summed E-state index contributed by atoms with van der Waals surface area (Å²) in [5, 5.41) is 4.15. The van der Waals surface area contributed by atoms with Crippen molar-refractivity contribution < 1.29 is 4.74 Å². The van der Waals surface area contributed by atoms with Crippen LogP contribution in [0.2, 0.25) is 5.02 Å². The van der Waals surface area contributed by atoms with Gasteiger partial charge in [-0.15, -0.1) is 11.3 Å². The third-order valence-electron chi connectivity index (χ3n) is 2.83. The summed E-state index contributed by atoms with van der Waals surface area (Å²) in [6.07, 6.45) is 0. The Morgan fingerprint density at radius 2 is 2.00 bits per heavy atom. The van der Waals surface area contributed by atoms with E-state index in [9.17, 15) is 0 Å². The molecule has 0 amide bonds. The van der Waals surface area contributed by atoms with Crippen molar-refractivity contribution in [2.75, 3.05) is 6.54 Å². The van der Waals surface area contributed by atoms with E-state index < -0.39 is 0 Å². The monoisotopic (exact) mass is 387 g/mol. The number of ether oxygens (including phenoxy) is 1. The summed E-state index contributed by atoms with van der Waals surface area (Å²) < 4.78 is 6.70. The summed E-state index contributed by atoms with van der Waals surface area (Å²) in [4.78, 5) is 2.56. The molecule has 0 atom stereocenters. The molecule has 2 aromatic rings. The summed E-state index contributed by atoms with van der Waals surface area (Å²) in [6, 6.07) is 9.84. The second-order valence-corrected chi connectivity index (χ2v) is 7.80. The minimum atomic E-state index is 0.578. The molecule has 1 N–H and O–H groups in total. The van der Waals surface area contributed by atoms with Gasteiger partial charge in [-0.3, -0.25) is 0 Å². The number of hydrogen-bond acceptors (Lipinski definition) is 3. The zero-order chi connectivity index (χ0) is 15.2. The van der Waals surface area contributed by atoms with E-state index in [2.05, 4.69) is 47.2 Å². The molecule has 0 bridgehead atoms. The molecule has 114 valence electrons. The molecule has 0 fully saturated rings. The van der Waals surface area contributed by atoms with Crippen molar-refractivity contribution in [3.05, 3.63) is 49.6 Å². The number of rotatable bonds is 7. The molecule has 0 aliphatic carbocycles. The fraction of sp³-hybridized carbons (Fsp3) is 0.375. The summed E-state index contributed by atoms with van der Waals surface area (Å²) in [5.41, 5.74) is 0. The molecular formula is C16H19BrClNOS. The average molecular weight is 389 g/mol. The first-order valence-corrected chi connectivity index (χ1v) is 8.89. The van der Waals surface area contributed by atoms with Crippen molar-refractivity contribution in [1.29, 1.82) is 0 Å². The van der Waals surface area contributed by atoms with Crippen LogP contribution in [0, 0.1) is 5.92 Å². The first-order chi connectivity index (χ1) is 10.0. The molecule has 1 aromatic heterocycles. The predicted molar refractivity (Wildman–Crippen MR) is 94.3 cm³/mol. The molecule has 1 heterocycles. The van der Waals surface area contributed by atoms with Gasteiger partial charge >= 0.3 is 0 Å². The highest BCUT2D eigenvalue weighted by atomic mass is 79.9. The van der Waals surface area contributed by atoms with Crippen LogP contribution in [0.15, 0.2) is 34.8 Å². The molecule has 0 spiro atoms. The van der Waals surface area contributed by atoms with Crippen molar-refractivity contribution in [2.24, 2.45) is 5.92 Å². The van der Waals surface area contributed by atoms with Crippen molar-refractivity contribution in [3.63, 3.8) is 0 Å². The van der Waals surface area contributed by atoms with Crippen LogP contribution >= 0.6 is 38.9 Å². The van der Waals surface area contributed by atoms with Crippen molar-refractivity contribution in [1.82, 2.24) is 5.32 Å². The highest BCUT2D eigenvalue weighted by Gasteiger charge is 2.05. The molecule has 0 unspecified atom stereocenters. The summed E-state index contributed by atoms with van der Waals surface area (Å²) in [5.74, 6) is 1.49. The molecule has 0 aliphatic heterocycles. The Kier molecular flexibility index (Phi) is 6.55. The van der Waals surface area contributed by atoms with Gasteiger partial charge in [0.05, 0.1) is 4.47 Å². The van der Waals surface area contributed by atoms with Crippen LogP contribution < -0.4 is 10.1 Å². The topological polar surface area (TPSA) is 21.3 Å². The summed E-state index contributed by atoms with van der Waals surface area (Å²) in [6.45, 7) is 6.97. The Morgan fingerprint density at radius 3 is 2.71 bits per heavy atom. The van der Waals surface area contributed by atoms with Crippen LogP contribution in [0.25, 0.3) is 0 Å². The Balaban J connectivity index is 1.85. The van der Waals surface area contributed by atoms with Gasteiger partial charge in [0.15, 0.2) is 0 Å². The van der Waals surface area contributed by atoms with Crippen molar-refractivity contribution in [2.45, 2.75) is 27.0 Å². The lowest BCUT2D eigenvalue weighted by Crippen LogP contribution is -2.18. The first kappa shape index (κ1) is 16.8. The maximum atomic E-state index is 5.92. The van der Waals surface area contributed by atoms with Gasteiger partial charge in [0, 0.05) is 21.3 Å². The van der Waals surface area contributed by atoms with Gasteiger partial charge in [-0.25, -0.2) is 0 Å². The minimum Gasteiger partial charge on any atom is -0.487 e. The van der Waals surface area contributed by atoms with Gasteiger partial charge in [0.1, 0.15) is 12.4 Å². The molecule has 2 nitrogen and oxygen atoms in total. The number of benzene rings is 1. The lowest BCUT2D eigenvalue weighted by molar-refractivity contribution is 0.308. The number of thiophene rings is 1. The maximum Gasteiger partial charge on any atom is 0.134 e. The molecule has 0 aliphatic rings. The number of halogens is 2. The zero-order valence-corrected chi connectivity index (χ0v) is 15.3. The Labute approximate surface area is 143 Å². The smallest absolute Gasteiger partial charge is 0.134 e. The second-order valence-electron chi connectivity index (χ2n) is 5.26. The van der Waals surface area contributed by atoms with E-state index in [4.69, 9.17) is 16.3 Å². The fourth-order valence-corrected chi connectivity index (χ4v) is 3.52. The summed E-state index contributed by atoms with van der Waals surface area (Å²) in [7, 11) is 0. The first-order valence-electron chi connectivity index (χ1n) is 6.90. The molecule has 0 radical (unpaired) electrons. The highest BCUT2D eigenvalue weighted by molar-refractivity contribution is 9.10. The SMILES string of the molecule is CC(C)CNCc1ccc(COc2ccc(Cl)cc2Br)s1. The number of hydrogen-bond donors (Lipinski definition) is 1. The third kappa shape index (κ3) is 5.62. The molecule has 2 rings (SSSR count). The van der Waals surface area contributed by atoms with Gasteiger partial charge in [-0.2, -0.15) is 0 Å². The molecule has 1 aromatic carbocycles. The molecule has 5 heteroatoms. The Hall–Kier alpha value is -0.550. The van der Waals surface area contributed by atoms with Crippen LogP contribution in [0.5, 0.6) is 5.75 Å². The van der Waals surface area contributed by atoms with E-state index in [1.54, 1.807) is 11.3 Å². The van der Waals surface area contributed by atoms with Crippen LogP contribution in [-0.4, -0.2) is 6.54 Å². The quantitative estimate of drug-likeness (QED) is 0.677. The fourth-order valence-electron chi connectivity index (χ4n) is 1.82.